The highest BCUT2D eigenvalue weighted by molar-refractivity contribution is 5.67. The monoisotopic (exact) mass is 372 g/mol. The summed E-state index contributed by atoms with van der Waals surface area (Å²) >= 11 is 0. The lowest BCUT2D eigenvalue weighted by molar-refractivity contribution is 0.0523. The Hall–Kier alpha value is -2.41. The zero-order chi connectivity index (χ0) is 19.4. The van der Waals surface area contributed by atoms with Crippen LogP contribution in [-0.4, -0.2) is 40.2 Å². The van der Waals surface area contributed by atoms with Crippen LogP contribution in [-0.2, 0) is 29.0 Å². The molecule has 0 fully saturated rings. The third-order valence-corrected chi connectivity index (χ3v) is 4.42. The van der Waals surface area contributed by atoms with Gasteiger partial charge in [-0.2, -0.15) is 5.10 Å². The van der Waals surface area contributed by atoms with Crippen LogP contribution in [0.1, 0.15) is 38.6 Å². The number of hydrogen-bond acceptors (Lipinski definition) is 5. The van der Waals surface area contributed by atoms with Gasteiger partial charge in [0.1, 0.15) is 11.4 Å². The Labute approximate surface area is 160 Å². The van der Waals surface area contributed by atoms with E-state index in [-0.39, 0.29) is 0 Å². The van der Waals surface area contributed by atoms with E-state index in [1.54, 1.807) is 7.11 Å². The number of amides is 1. The van der Waals surface area contributed by atoms with Crippen molar-refractivity contribution in [1.29, 1.82) is 0 Å². The van der Waals surface area contributed by atoms with Crippen molar-refractivity contribution >= 4 is 6.09 Å². The van der Waals surface area contributed by atoms with Crippen LogP contribution in [0.25, 0.3) is 11.4 Å². The second-order valence-corrected chi connectivity index (χ2v) is 7.94. The molecule has 1 aromatic carbocycles. The van der Waals surface area contributed by atoms with Gasteiger partial charge in [0.15, 0.2) is 5.82 Å². The SMILES string of the molecule is COCC1CCn2nc(-c3ccc(CNC(=O)OC(C)(C)C)cc3)nc2C1. The molecule has 27 heavy (non-hydrogen) atoms. The predicted molar refractivity (Wildman–Crippen MR) is 102 cm³/mol. The number of carbonyl (C=O) groups is 1. The number of fused-ring (bicyclic) bond motifs is 1. The fourth-order valence-corrected chi connectivity index (χ4v) is 3.13. The van der Waals surface area contributed by atoms with Crippen LogP contribution >= 0.6 is 0 Å². The zero-order valence-electron chi connectivity index (χ0n) is 16.5. The predicted octanol–water partition coefficient (Wildman–Crippen LogP) is 3.18. The summed E-state index contributed by atoms with van der Waals surface area (Å²) in [5.41, 5.74) is 1.47. The van der Waals surface area contributed by atoms with Crippen LogP contribution in [0, 0.1) is 5.92 Å². The maximum atomic E-state index is 11.7. The molecule has 0 saturated carbocycles. The van der Waals surface area contributed by atoms with Crippen LogP contribution in [0.4, 0.5) is 4.79 Å². The summed E-state index contributed by atoms with van der Waals surface area (Å²) in [5.74, 6) is 2.28. The minimum absolute atomic E-state index is 0.416. The number of rotatable bonds is 5. The first-order valence-electron chi connectivity index (χ1n) is 9.33. The molecule has 0 radical (unpaired) electrons. The van der Waals surface area contributed by atoms with Gasteiger partial charge < -0.3 is 14.8 Å². The Morgan fingerprint density at radius 3 is 2.70 bits per heavy atom. The molecule has 2 heterocycles. The van der Waals surface area contributed by atoms with Gasteiger partial charge in [-0.25, -0.2) is 14.5 Å². The van der Waals surface area contributed by atoms with Crippen molar-refractivity contribution in [2.75, 3.05) is 13.7 Å². The van der Waals surface area contributed by atoms with Crippen molar-refractivity contribution in [2.24, 2.45) is 5.92 Å². The molecule has 0 saturated heterocycles. The van der Waals surface area contributed by atoms with Crippen molar-refractivity contribution in [1.82, 2.24) is 20.1 Å². The molecule has 0 bridgehead atoms. The lowest BCUT2D eigenvalue weighted by atomic mass is 9.99. The van der Waals surface area contributed by atoms with E-state index in [2.05, 4.69) is 10.4 Å². The van der Waals surface area contributed by atoms with E-state index in [0.717, 1.165) is 48.8 Å². The summed E-state index contributed by atoms with van der Waals surface area (Å²) in [7, 11) is 1.74. The van der Waals surface area contributed by atoms with Crippen LogP contribution < -0.4 is 5.32 Å². The van der Waals surface area contributed by atoms with Crippen molar-refractivity contribution in [2.45, 2.75) is 52.3 Å². The van der Waals surface area contributed by atoms with Gasteiger partial charge in [0.05, 0.1) is 0 Å². The number of methoxy groups -OCH3 is 1. The number of benzene rings is 1. The Morgan fingerprint density at radius 2 is 2.04 bits per heavy atom. The highest BCUT2D eigenvalue weighted by atomic mass is 16.6. The average Bonchev–Trinajstić information content (AvgIpc) is 3.02. The molecule has 1 atom stereocenters. The van der Waals surface area contributed by atoms with Gasteiger partial charge in [0.25, 0.3) is 0 Å². The molecule has 1 aromatic heterocycles. The van der Waals surface area contributed by atoms with Crippen molar-refractivity contribution in [3.8, 4) is 11.4 Å². The molecule has 2 aromatic rings. The Bertz CT molecular complexity index is 778. The number of hydrogen-bond donors (Lipinski definition) is 1. The van der Waals surface area contributed by atoms with Crippen LogP contribution in [0.5, 0.6) is 0 Å². The van der Waals surface area contributed by atoms with Crippen molar-refractivity contribution < 1.29 is 14.3 Å². The molecule has 1 aliphatic heterocycles. The fourth-order valence-electron chi connectivity index (χ4n) is 3.13. The van der Waals surface area contributed by atoms with E-state index in [4.69, 9.17) is 14.5 Å². The molecule has 7 heteroatoms. The third kappa shape index (κ3) is 5.29. The summed E-state index contributed by atoms with van der Waals surface area (Å²) in [5, 5.41) is 7.40. The Balaban J connectivity index is 1.60. The van der Waals surface area contributed by atoms with Gasteiger partial charge in [0, 0.05) is 38.8 Å². The molecule has 1 unspecified atom stereocenters. The van der Waals surface area contributed by atoms with Crippen molar-refractivity contribution in [3.63, 3.8) is 0 Å². The highest BCUT2D eigenvalue weighted by Crippen LogP contribution is 2.23. The molecule has 0 aliphatic carbocycles. The first-order valence-corrected chi connectivity index (χ1v) is 9.33. The third-order valence-electron chi connectivity index (χ3n) is 4.42. The topological polar surface area (TPSA) is 78.3 Å². The van der Waals surface area contributed by atoms with Crippen LogP contribution in [0.3, 0.4) is 0 Å². The van der Waals surface area contributed by atoms with Gasteiger partial charge in [-0.05, 0) is 38.7 Å². The number of aromatic nitrogens is 3. The summed E-state index contributed by atoms with van der Waals surface area (Å²) in [6, 6.07) is 7.92. The van der Waals surface area contributed by atoms with E-state index >= 15 is 0 Å². The number of carbonyl (C=O) groups excluding carboxylic acids is 1. The summed E-state index contributed by atoms with van der Waals surface area (Å²) in [6.07, 6.45) is 1.55. The second kappa shape index (κ2) is 8.08. The minimum Gasteiger partial charge on any atom is -0.444 e. The Kier molecular flexibility index (Phi) is 5.79. The number of nitrogens with zero attached hydrogens (tertiary/aromatic N) is 3. The lowest BCUT2D eigenvalue weighted by Crippen LogP contribution is -2.32. The number of aryl methyl sites for hydroxylation is 1. The van der Waals surface area contributed by atoms with Crippen LogP contribution in [0.2, 0.25) is 0 Å². The summed E-state index contributed by atoms with van der Waals surface area (Å²) < 4.78 is 12.5. The maximum Gasteiger partial charge on any atom is 0.407 e. The molecule has 3 rings (SSSR count). The highest BCUT2D eigenvalue weighted by Gasteiger charge is 2.22. The van der Waals surface area contributed by atoms with Gasteiger partial charge in [-0.1, -0.05) is 24.3 Å². The summed E-state index contributed by atoms with van der Waals surface area (Å²) in [4.78, 5) is 16.4. The summed E-state index contributed by atoms with van der Waals surface area (Å²) in [6.45, 7) is 7.60. The smallest absolute Gasteiger partial charge is 0.407 e. The van der Waals surface area contributed by atoms with Gasteiger partial charge in [-0.15, -0.1) is 0 Å². The van der Waals surface area contributed by atoms with Crippen LogP contribution in [0.15, 0.2) is 24.3 Å². The molecule has 0 spiro atoms. The minimum atomic E-state index is -0.498. The molecular weight excluding hydrogens is 344 g/mol. The first-order chi connectivity index (χ1) is 12.8. The standard InChI is InChI=1S/C20H28N4O3/c1-20(2,3)27-19(25)21-12-14-5-7-16(8-6-14)18-22-17-11-15(13-26-4)9-10-24(17)23-18/h5-8,15H,9-13H2,1-4H3,(H,21,25). The van der Waals surface area contributed by atoms with E-state index in [9.17, 15) is 4.79 Å². The molecule has 146 valence electrons. The van der Waals surface area contributed by atoms with Gasteiger partial charge >= 0.3 is 6.09 Å². The zero-order valence-corrected chi connectivity index (χ0v) is 16.5. The van der Waals surface area contributed by atoms with Gasteiger partial charge in [0.2, 0.25) is 0 Å². The van der Waals surface area contributed by atoms with Gasteiger partial charge in [-0.3, -0.25) is 0 Å². The van der Waals surface area contributed by atoms with E-state index in [0.29, 0.717) is 12.5 Å². The number of nitrogens with one attached hydrogen (secondary N) is 1. The fraction of sp³-hybridized carbons (Fsp3) is 0.550. The average molecular weight is 372 g/mol. The molecule has 1 aliphatic rings. The van der Waals surface area contributed by atoms with Crippen molar-refractivity contribution in [3.05, 3.63) is 35.7 Å². The quantitative estimate of drug-likeness (QED) is 0.872. The van der Waals surface area contributed by atoms with E-state index < -0.39 is 11.7 Å². The van der Waals surface area contributed by atoms with E-state index in [1.165, 1.54) is 0 Å². The number of alkyl carbamates (subject to hydrolysis) is 1. The largest absolute Gasteiger partial charge is 0.444 e. The molecule has 1 amide bonds. The second-order valence-electron chi connectivity index (χ2n) is 7.94. The lowest BCUT2D eigenvalue weighted by Gasteiger charge is -2.20. The maximum absolute atomic E-state index is 11.7. The van der Waals surface area contributed by atoms with E-state index in [1.807, 2.05) is 49.7 Å². The molecule has 7 nitrogen and oxygen atoms in total. The Morgan fingerprint density at radius 1 is 1.30 bits per heavy atom. The molecular formula is C20H28N4O3. The number of ether oxygens (including phenoxy) is 2. The molecule has 1 N–H and O–H groups in total. The normalized spacial score (nSPS) is 16.7. The first kappa shape index (κ1) is 19.4.